The predicted molar refractivity (Wildman–Crippen MR) is 131 cm³/mol. The molecule has 0 spiro atoms. The van der Waals surface area contributed by atoms with Gasteiger partial charge in [-0.15, -0.1) is 0 Å². The van der Waals surface area contributed by atoms with Crippen LogP contribution in [0.5, 0.6) is 5.75 Å². The molecule has 176 valence electrons. The van der Waals surface area contributed by atoms with Crippen molar-refractivity contribution < 1.29 is 19.4 Å². The first-order valence-corrected chi connectivity index (χ1v) is 11.7. The molecule has 6 nitrogen and oxygen atoms in total. The number of hydrogen-bond donors (Lipinski definition) is 1. The summed E-state index contributed by atoms with van der Waals surface area (Å²) in [6.45, 7) is 11.1. The average Bonchev–Trinajstić information content (AvgIpc) is 3.06. The Kier molecular flexibility index (Phi) is 8.16. The molecule has 0 bridgehead atoms. The summed E-state index contributed by atoms with van der Waals surface area (Å²) in [6.07, 6.45) is 0. The van der Waals surface area contributed by atoms with E-state index in [9.17, 15) is 14.7 Å². The minimum absolute atomic E-state index is 0.0728. The van der Waals surface area contributed by atoms with Crippen LogP contribution in [0.4, 0.5) is 0 Å². The minimum Gasteiger partial charge on any atom is -0.507 e. The molecule has 1 aliphatic rings. The van der Waals surface area contributed by atoms with E-state index >= 15 is 0 Å². The number of likely N-dealkylation sites (tertiary alicyclic amines) is 1. The van der Waals surface area contributed by atoms with Crippen molar-refractivity contribution in [3.05, 3.63) is 69.8 Å². The van der Waals surface area contributed by atoms with Crippen LogP contribution in [0, 0.1) is 6.92 Å². The summed E-state index contributed by atoms with van der Waals surface area (Å²) in [5, 5.41) is 11.5. The molecule has 0 aliphatic carbocycles. The Bertz CT molecular complexity index is 1040. The van der Waals surface area contributed by atoms with E-state index in [1.165, 1.54) is 0 Å². The molecule has 0 saturated carbocycles. The lowest BCUT2D eigenvalue weighted by molar-refractivity contribution is -0.140. The van der Waals surface area contributed by atoms with Crippen LogP contribution in [0.15, 0.2) is 48.0 Å². The van der Waals surface area contributed by atoms with Gasteiger partial charge in [0.25, 0.3) is 11.7 Å². The molecule has 1 fully saturated rings. The van der Waals surface area contributed by atoms with E-state index < -0.39 is 17.7 Å². The van der Waals surface area contributed by atoms with Crippen molar-refractivity contribution in [3.63, 3.8) is 0 Å². The number of ketones is 1. The van der Waals surface area contributed by atoms with Crippen LogP contribution in [-0.2, 0) is 9.59 Å². The largest absolute Gasteiger partial charge is 0.507 e. The van der Waals surface area contributed by atoms with Crippen LogP contribution in [0.25, 0.3) is 5.76 Å². The third-order valence-electron chi connectivity index (χ3n) is 5.99. The number of aliphatic hydroxyl groups excluding tert-OH is 1. The van der Waals surface area contributed by atoms with Gasteiger partial charge in [0.2, 0.25) is 0 Å². The molecule has 2 aromatic rings. The van der Waals surface area contributed by atoms with Crippen molar-refractivity contribution in [2.24, 2.45) is 0 Å². The van der Waals surface area contributed by atoms with Gasteiger partial charge in [-0.2, -0.15) is 0 Å². The SMILES string of the molecule is CCOc1ccc(C(O)=C2C(=O)C(=O)N(CCN(CC)CC)C2c2ccc(C)cc2)cc1Cl. The molecule has 7 heteroatoms. The summed E-state index contributed by atoms with van der Waals surface area (Å²) in [6, 6.07) is 11.8. The van der Waals surface area contributed by atoms with Crippen LogP contribution in [0.2, 0.25) is 5.02 Å². The topological polar surface area (TPSA) is 70.1 Å². The van der Waals surface area contributed by atoms with Crippen LogP contribution in [0.1, 0.15) is 43.5 Å². The lowest BCUT2D eigenvalue weighted by Crippen LogP contribution is -2.38. The second kappa shape index (κ2) is 10.9. The molecule has 1 atom stereocenters. The van der Waals surface area contributed by atoms with Crippen molar-refractivity contribution in [2.75, 3.05) is 32.8 Å². The summed E-state index contributed by atoms with van der Waals surface area (Å²) >= 11 is 6.31. The molecule has 1 heterocycles. The molecule has 1 amide bonds. The summed E-state index contributed by atoms with van der Waals surface area (Å²) in [5.41, 5.74) is 2.28. The molecule has 1 N–H and O–H groups in total. The zero-order chi connectivity index (χ0) is 24.1. The molecule has 3 rings (SSSR count). The maximum atomic E-state index is 13.1. The first kappa shape index (κ1) is 24.8. The average molecular weight is 471 g/mol. The van der Waals surface area contributed by atoms with Crippen LogP contribution in [0.3, 0.4) is 0 Å². The lowest BCUT2D eigenvalue weighted by Gasteiger charge is -2.28. The zero-order valence-corrected chi connectivity index (χ0v) is 20.4. The number of likely N-dealkylation sites (N-methyl/N-ethyl adjacent to an activating group) is 1. The molecular weight excluding hydrogens is 440 g/mol. The van der Waals surface area contributed by atoms with Crippen molar-refractivity contribution in [1.82, 2.24) is 9.80 Å². The van der Waals surface area contributed by atoms with Gasteiger partial charge < -0.3 is 19.6 Å². The van der Waals surface area contributed by atoms with Gasteiger partial charge in [-0.05, 0) is 50.7 Å². The number of hydrogen-bond acceptors (Lipinski definition) is 5. The number of halogens is 1. The van der Waals surface area contributed by atoms with E-state index in [0.29, 0.717) is 36.0 Å². The van der Waals surface area contributed by atoms with Gasteiger partial charge in [-0.25, -0.2) is 0 Å². The Labute approximate surface area is 200 Å². The van der Waals surface area contributed by atoms with E-state index in [-0.39, 0.29) is 11.3 Å². The van der Waals surface area contributed by atoms with E-state index in [2.05, 4.69) is 18.7 Å². The van der Waals surface area contributed by atoms with Gasteiger partial charge in [0.15, 0.2) is 0 Å². The Hall–Kier alpha value is -2.83. The quantitative estimate of drug-likeness (QED) is 0.323. The van der Waals surface area contributed by atoms with Gasteiger partial charge >= 0.3 is 0 Å². The number of aryl methyl sites for hydroxylation is 1. The Morgan fingerprint density at radius 3 is 2.33 bits per heavy atom. The normalized spacial score (nSPS) is 17.8. The number of ether oxygens (including phenoxy) is 1. The monoisotopic (exact) mass is 470 g/mol. The zero-order valence-electron chi connectivity index (χ0n) is 19.6. The standard InChI is InChI=1S/C26H31ClN2O4/c1-5-28(6-2)14-15-29-23(18-10-8-17(4)9-11-18)22(25(31)26(29)32)24(30)19-12-13-21(33-7-3)20(27)16-19/h8-13,16,23,30H,5-7,14-15H2,1-4H3. The summed E-state index contributed by atoms with van der Waals surface area (Å²) in [4.78, 5) is 30.0. The number of benzene rings is 2. The molecular formula is C26H31ClN2O4. The molecule has 0 aromatic heterocycles. The second-order valence-electron chi connectivity index (χ2n) is 8.01. The highest BCUT2D eigenvalue weighted by atomic mass is 35.5. The number of amides is 1. The fourth-order valence-electron chi connectivity index (χ4n) is 4.07. The fraction of sp³-hybridized carbons (Fsp3) is 0.385. The minimum atomic E-state index is -0.692. The fourth-order valence-corrected chi connectivity index (χ4v) is 4.31. The predicted octanol–water partition coefficient (Wildman–Crippen LogP) is 4.81. The van der Waals surface area contributed by atoms with E-state index in [1.54, 1.807) is 23.1 Å². The third kappa shape index (κ3) is 5.23. The third-order valence-corrected chi connectivity index (χ3v) is 6.29. The summed E-state index contributed by atoms with van der Waals surface area (Å²) < 4.78 is 5.47. The van der Waals surface area contributed by atoms with E-state index in [4.69, 9.17) is 16.3 Å². The van der Waals surface area contributed by atoms with Crippen molar-refractivity contribution in [2.45, 2.75) is 33.7 Å². The molecule has 1 aliphatic heterocycles. The van der Waals surface area contributed by atoms with Crippen LogP contribution >= 0.6 is 11.6 Å². The highest BCUT2D eigenvalue weighted by Crippen LogP contribution is 2.40. The summed E-state index contributed by atoms with van der Waals surface area (Å²) in [5.74, 6) is -1.05. The molecule has 2 aromatic carbocycles. The highest BCUT2D eigenvalue weighted by Gasteiger charge is 2.46. The molecule has 1 unspecified atom stereocenters. The molecule has 33 heavy (non-hydrogen) atoms. The van der Waals surface area contributed by atoms with Crippen molar-refractivity contribution in [3.8, 4) is 5.75 Å². The van der Waals surface area contributed by atoms with Crippen molar-refractivity contribution >= 4 is 29.1 Å². The Morgan fingerprint density at radius 1 is 1.09 bits per heavy atom. The number of carbonyl (C=O) groups excluding carboxylic acids is 2. The van der Waals surface area contributed by atoms with Crippen LogP contribution < -0.4 is 4.74 Å². The Morgan fingerprint density at radius 2 is 1.76 bits per heavy atom. The number of carbonyl (C=O) groups is 2. The van der Waals surface area contributed by atoms with Gasteiger partial charge in [-0.1, -0.05) is 55.3 Å². The summed E-state index contributed by atoms with van der Waals surface area (Å²) in [7, 11) is 0. The lowest BCUT2D eigenvalue weighted by atomic mass is 9.94. The van der Waals surface area contributed by atoms with Crippen LogP contribution in [-0.4, -0.2) is 59.4 Å². The maximum Gasteiger partial charge on any atom is 0.295 e. The van der Waals surface area contributed by atoms with E-state index in [1.807, 2.05) is 38.1 Å². The Balaban J connectivity index is 2.09. The first-order chi connectivity index (χ1) is 15.8. The van der Waals surface area contributed by atoms with E-state index in [0.717, 1.165) is 24.2 Å². The van der Waals surface area contributed by atoms with Crippen molar-refractivity contribution in [1.29, 1.82) is 0 Å². The second-order valence-corrected chi connectivity index (χ2v) is 8.42. The van der Waals surface area contributed by atoms with Gasteiger partial charge in [0.1, 0.15) is 11.5 Å². The first-order valence-electron chi connectivity index (χ1n) is 11.3. The van der Waals surface area contributed by atoms with Gasteiger partial charge in [0, 0.05) is 18.7 Å². The maximum absolute atomic E-state index is 13.1. The van der Waals surface area contributed by atoms with Gasteiger partial charge in [0.05, 0.1) is 23.2 Å². The number of rotatable bonds is 9. The number of nitrogens with zero attached hydrogens (tertiary/aromatic N) is 2. The molecule has 0 radical (unpaired) electrons. The molecule has 1 saturated heterocycles. The number of Topliss-reactive ketones (excluding diaryl/α,β-unsaturated/α-hetero) is 1. The smallest absolute Gasteiger partial charge is 0.295 e. The highest BCUT2D eigenvalue weighted by molar-refractivity contribution is 6.46. The van der Waals surface area contributed by atoms with Gasteiger partial charge in [-0.3, -0.25) is 9.59 Å². The number of aliphatic hydroxyl groups is 1.